The van der Waals surface area contributed by atoms with E-state index in [4.69, 9.17) is 0 Å². The molecule has 1 atom stereocenters. The van der Waals surface area contributed by atoms with E-state index in [0.717, 1.165) is 43.5 Å². The molecule has 0 saturated carbocycles. The summed E-state index contributed by atoms with van der Waals surface area (Å²) in [5, 5.41) is 12.7. The third kappa shape index (κ3) is 3.21. The molecule has 2 fully saturated rings. The molecule has 0 bridgehead atoms. The molecule has 8 nitrogen and oxygen atoms in total. The molecule has 2 aromatic rings. The summed E-state index contributed by atoms with van der Waals surface area (Å²) in [4.78, 5) is 34.0. The second-order valence-corrected chi connectivity index (χ2v) is 7.23. The summed E-state index contributed by atoms with van der Waals surface area (Å²) in [5.74, 6) is 0.229. The maximum Gasteiger partial charge on any atom is 0.278 e. The zero-order chi connectivity index (χ0) is 19.0. The molecule has 0 N–H and O–H groups in total. The number of aromatic nitrogens is 1. The van der Waals surface area contributed by atoms with E-state index in [1.807, 2.05) is 24.1 Å². The van der Waals surface area contributed by atoms with Crippen LogP contribution in [0.4, 0.5) is 11.4 Å². The van der Waals surface area contributed by atoms with Gasteiger partial charge in [0.2, 0.25) is 5.91 Å². The van der Waals surface area contributed by atoms with Gasteiger partial charge >= 0.3 is 0 Å². The van der Waals surface area contributed by atoms with Crippen molar-refractivity contribution in [1.82, 2.24) is 14.8 Å². The summed E-state index contributed by atoms with van der Waals surface area (Å²) in [5.41, 5.74) is 1.03. The molecule has 142 valence electrons. The van der Waals surface area contributed by atoms with Crippen molar-refractivity contribution in [1.29, 1.82) is 0 Å². The average Bonchev–Trinajstić information content (AvgIpc) is 3.12. The molecule has 2 saturated heterocycles. The molecule has 27 heavy (non-hydrogen) atoms. The Hall–Kier alpha value is -2.74. The van der Waals surface area contributed by atoms with Crippen molar-refractivity contribution in [2.24, 2.45) is 0 Å². The highest BCUT2D eigenvalue weighted by molar-refractivity contribution is 5.99. The second-order valence-electron chi connectivity index (χ2n) is 7.23. The molecular weight excluding hydrogens is 346 g/mol. The highest BCUT2D eigenvalue weighted by atomic mass is 16.6. The average molecular weight is 369 g/mol. The van der Waals surface area contributed by atoms with Crippen molar-refractivity contribution in [3.05, 3.63) is 40.7 Å². The van der Waals surface area contributed by atoms with Crippen LogP contribution in [0.15, 0.2) is 30.6 Å². The summed E-state index contributed by atoms with van der Waals surface area (Å²) in [6, 6.07) is 5.19. The van der Waals surface area contributed by atoms with Crippen LogP contribution in [0, 0.1) is 10.1 Å². The number of nitrogens with zero attached hydrogens (tertiary/aromatic N) is 5. The quantitative estimate of drug-likeness (QED) is 0.607. The van der Waals surface area contributed by atoms with Gasteiger partial charge in [0.25, 0.3) is 5.69 Å². The lowest BCUT2D eigenvalue weighted by Crippen LogP contribution is -2.53. The molecule has 1 aromatic heterocycles. The molecule has 0 radical (unpaired) electrons. The van der Waals surface area contributed by atoms with E-state index in [1.54, 1.807) is 18.5 Å². The third-order valence-corrected chi connectivity index (χ3v) is 5.71. The van der Waals surface area contributed by atoms with Crippen molar-refractivity contribution in [3.63, 3.8) is 0 Å². The normalized spacial score (nSPS) is 21.0. The summed E-state index contributed by atoms with van der Waals surface area (Å²) < 4.78 is 0. The van der Waals surface area contributed by atoms with E-state index in [1.165, 1.54) is 0 Å². The first-order valence-corrected chi connectivity index (χ1v) is 9.31. The zero-order valence-corrected chi connectivity index (χ0v) is 15.4. The van der Waals surface area contributed by atoms with Crippen LogP contribution in [0.3, 0.4) is 0 Å². The third-order valence-electron chi connectivity index (χ3n) is 5.71. The molecule has 0 aliphatic carbocycles. The van der Waals surface area contributed by atoms with Crippen LogP contribution in [0.1, 0.15) is 12.8 Å². The first kappa shape index (κ1) is 17.7. The van der Waals surface area contributed by atoms with E-state index in [-0.39, 0.29) is 22.6 Å². The monoisotopic (exact) mass is 369 g/mol. The number of carbonyl (C=O) groups is 1. The summed E-state index contributed by atoms with van der Waals surface area (Å²) >= 11 is 0. The number of rotatable bonds is 3. The van der Waals surface area contributed by atoms with Crippen LogP contribution in [0.5, 0.6) is 0 Å². The lowest BCUT2D eigenvalue weighted by molar-refractivity contribution is -0.383. The minimum atomic E-state index is -0.373. The molecule has 1 amide bonds. The van der Waals surface area contributed by atoms with Crippen LogP contribution < -0.4 is 4.90 Å². The van der Waals surface area contributed by atoms with Crippen molar-refractivity contribution >= 4 is 28.1 Å². The zero-order valence-electron chi connectivity index (χ0n) is 15.4. The van der Waals surface area contributed by atoms with Crippen molar-refractivity contribution in [2.45, 2.75) is 18.9 Å². The van der Waals surface area contributed by atoms with Crippen molar-refractivity contribution < 1.29 is 9.72 Å². The van der Waals surface area contributed by atoms with E-state index < -0.39 is 0 Å². The largest absolute Gasteiger partial charge is 0.367 e. The standard InChI is InChI=1S/C19H23N5O3/c1-21-8-2-3-18(21)19(25)23-11-9-22(10-12-23)16-4-5-17(24(26)27)15-13-20-7-6-14(15)16/h4-7,13,18H,2-3,8-12H2,1H3. The number of nitro benzene ring substituents is 1. The molecule has 2 aliphatic heterocycles. The summed E-state index contributed by atoms with van der Waals surface area (Å²) in [6.45, 7) is 3.77. The minimum Gasteiger partial charge on any atom is -0.367 e. The molecule has 1 aromatic carbocycles. The summed E-state index contributed by atoms with van der Waals surface area (Å²) in [6.07, 6.45) is 5.23. The Labute approximate surface area is 157 Å². The van der Waals surface area contributed by atoms with Gasteiger partial charge in [-0.05, 0) is 38.6 Å². The lowest BCUT2D eigenvalue weighted by atomic mass is 10.1. The van der Waals surface area contributed by atoms with Gasteiger partial charge in [0.15, 0.2) is 0 Å². The Morgan fingerprint density at radius 3 is 2.59 bits per heavy atom. The maximum absolute atomic E-state index is 12.8. The Morgan fingerprint density at radius 1 is 1.15 bits per heavy atom. The Bertz CT molecular complexity index is 879. The van der Waals surface area contributed by atoms with E-state index >= 15 is 0 Å². The Balaban J connectivity index is 1.53. The molecular formula is C19H23N5O3. The van der Waals surface area contributed by atoms with E-state index in [2.05, 4.69) is 14.8 Å². The number of non-ortho nitro benzene ring substituents is 1. The van der Waals surface area contributed by atoms with Gasteiger partial charge in [-0.1, -0.05) is 0 Å². The highest BCUT2D eigenvalue weighted by Gasteiger charge is 2.33. The number of anilines is 1. The number of likely N-dealkylation sites (N-methyl/N-ethyl adjacent to an activating group) is 1. The number of hydrogen-bond acceptors (Lipinski definition) is 6. The first-order chi connectivity index (χ1) is 13.1. The number of hydrogen-bond donors (Lipinski definition) is 0. The van der Waals surface area contributed by atoms with Crippen molar-refractivity contribution in [3.8, 4) is 0 Å². The number of likely N-dealkylation sites (tertiary alicyclic amines) is 1. The molecule has 8 heteroatoms. The van der Waals surface area contributed by atoms with Gasteiger partial charge in [-0.15, -0.1) is 0 Å². The number of benzene rings is 1. The number of pyridine rings is 1. The molecule has 4 rings (SSSR count). The number of amides is 1. The SMILES string of the molecule is CN1CCCC1C(=O)N1CCN(c2ccc([N+](=O)[O-])c3cnccc23)CC1. The maximum atomic E-state index is 12.8. The Kier molecular flexibility index (Phi) is 4.65. The van der Waals surface area contributed by atoms with Crippen LogP contribution in [0.2, 0.25) is 0 Å². The van der Waals surface area contributed by atoms with Gasteiger partial charge in [-0.2, -0.15) is 0 Å². The van der Waals surface area contributed by atoms with Crippen LogP contribution >= 0.6 is 0 Å². The van der Waals surface area contributed by atoms with Gasteiger partial charge in [-0.3, -0.25) is 24.8 Å². The van der Waals surface area contributed by atoms with Gasteiger partial charge in [-0.25, -0.2) is 0 Å². The lowest BCUT2D eigenvalue weighted by Gasteiger charge is -2.38. The minimum absolute atomic E-state index is 0.0165. The van der Waals surface area contributed by atoms with E-state index in [0.29, 0.717) is 18.5 Å². The number of fused-ring (bicyclic) bond motifs is 1. The van der Waals surface area contributed by atoms with Gasteiger partial charge in [0, 0.05) is 55.7 Å². The molecule has 2 aliphatic rings. The topological polar surface area (TPSA) is 82.8 Å². The molecule has 3 heterocycles. The predicted molar refractivity (Wildman–Crippen MR) is 103 cm³/mol. The van der Waals surface area contributed by atoms with E-state index in [9.17, 15) is 14.9 Å². The highest BCUT2D eigenvalue weighted by Crippen LogP contribution is 2.33. The number of piperazine rings is 1. The van der Waals surface area contributed by atoms with Gasteiger partial charge < -0.3 is 9.80 Å². The fraction of sp³-hybridized carbons (Fsp3) is 0.474. The second kappa shape index (κ2) is 7.11. The molecule has 1 unspecified atom stereocenters. The number of carbonyl (C=O) groups excluding carboxylic acids is 1. The van der Waals surface area contributed by atoms with Gasteiger partial charge in [0.1, 0.15) is 0 Å². The first-order valence-electron chi connectivity index (χ1n) is 9.31. The fourth-order valence-corrected chi connectivity index (χ4v) is 4.20. The molecule has 0 spiro atoms. The van der Waals surface area contributed by atoms with Crippen LogP contribution in [0.25, 0.3) is 10.8 Å². The summed E-state index contributed by atoms with van der Waals surface area (Å²) in [7, 11) is 2.02. The predicted octanol–water partition coefficient (Wildman–Crippen LogP) is 1.89. The Morgan fingerprint density at radius 2 is 1.93 bits per heavy atom. The van der Waals surface area contributed by atoms with Crippen LogP contribution in [-0.2, 0) is 4.79 Å². The fourth-order valence-electron chi connectivity index (χ4n) is 4.20. The smallest absolute Gasteiger partial charge is 0.278 e. The van der Waals surface area contributed by atoms with Crippen molar-refractivity contribution in [2.75, 3.05) is 44.7 Å². The van der Waals surface area contributed by atoms with Gasteiger partial charge in [0.05, 0.1) is 16.4 Å². The number of nitro groups is 1. The van der Waals surface area contributed by atoms with Crippen LogP contribution in [-0.4, -0.2) is 71.4 Å².